The Morgan fingerprint density at radius 1 is 1.65 bits per heavy atom. The lowest BCUT2D eigenvalue weighted by atomic mass is 9.77. The summed E-state index contributed by atoms with van der Waals surface area (Å²) < 4.78 is 1.45. The SMILES string of the molecule is NCc1cn(CC(=O)NC2(CO)CCC2)nn1. The van der Waals surface area contributed by atoms with Gasteiger partial charge >= 0.3 is 0 Å². The van der Waals surface area contributed by atoms with Crippen LogP contribution in [-0.2, 0) is 17.9 Å². The third-order valence-corrected chi connectivity index (χ3v) is 3.12. The summed E-state index contributed by atoms with van der Waals surface area (Å²) in [5.41, 5.74) is 5.64. The molecule has 1 aromatic rings. The molecule has 0 unspecified atom stereocenters. The lowest BCUT2D eigenvalue weighted by Gasteiger charge is -2.40. The predicted molar refractivity (Wildman–Crippen MR) is 59.7 cm³/mol. The summed E-state index contributed by atoms with van der Waals surface area (Å²) in [5.74, 6) is -0.160. The van der Waals surface area contributed by atoms with Crippen LogP contribution in [0.2, 0.25) is 0 Å². The summed E-state index contributed by atoms with van der Waals surface area (Å²) in [7, 11) is 0. The number of amides is 1. The highest BCUT2D eigenvalue weighted by molar-refractivity contribution is 5.76. The molecule has 94 valence electrons. The maximum atomic E-state index is 11.7. The normalized spacial score (nSPS) is 17.5. The van der Waals surface area contributed by atoms with Crippen LogP contribution in [0, 0.1) is 0 Å². The molecule has 7 heteroatoms. The molecule has 0 radical (unpaired) electrons. The van der Waals surface area contributed by atoms with Crippen LogP contribution < -0.4 is 11.1 Å². The molecular weight excluding hydrogens is 222 g/mol. The average molecular weight is 239 g/mol. The Morgan fingerprint density at radius 2 is 2.41 bits per heavy atom. The van der Waals surface area contributed by atoms with E-state index in [1.165, 1.54) is 4.68 Å². The van der Waals surface area contributed by atoms with E-state index in [4.69, 9.17) is 5.73 Å². The fourth-order valence-corrected chi connectivity index (χ4v) is 1.92. The summed E-state index contributed by atoms with van der Waals surface area (Å²) in [6.45, 7) is 0.404. The van der Waals surface area contributed by atoms with Crippen molar-refractivity contribution in [3.63, 3.8) is 0 Å². The molecule has 7 nitrogen and oxygen atoms in total. The largest absolute Gasteiger partial charge is 0.394 e. The first-order valence-corrected chi connectivity index (χ1v) is 5.68. The molecule has 1 aliphatic rings. The van der Waals surface area contributed by atoms with Gasteiger partial charge in [-0.15, -0.1) is 5.10 Å². The van der Waals surface area contributed by atoms with Crippen LogP contribution in [0.25, 0.3) is 0 Å². The van der Waals surface area contributed by atoms with Gasteiger partial charge in [-0.2, -0.15) is 0 Å². The van der Waals surface area contributed by atoms with Gasteiger partial charge in [0.1, 0.15) is 6.54 Å². The first-order chi connectivity index (χ1) is 8.17. The zero-order chi connectivity index (χ0) is 12.3. The van der Waals surface area contributed by atoms with Gasteiger partial charge in [0.2, 0.25) is 5.91 Å². The van der Waals surface area contributed by atoms with Gasteiger partial charge in [0.15, 0.2) is 0 Å². The van der Waals surface area contributed by atoms with Gasteiger partial charge < -0.3 is 16.2 Å². The molecule has 1 amide bonds. The van der Waals surface area contributed by atoms with E-state index < -0.39 is 5.54 Å². The molecule has 2 rings (SSSR count). The van der Waals surface area contributed by atoms with Crippen LogP contribution in [0.15, 0.2) is 6.20 Å². The highest BCUT2D eigenvalue weighted by atomic mass is 16.3. The first-order valence-electron chi connectivity index (χ1n) is 5.68. The quantitative estimate of drug-likeness (QED) is 0.596. The number of hydrogen-bond donors (Lipinski definition) is 3. The number of carbonyl (C=O) groups excluding carboxylic acids is 1. The van der Waals surface area contributed by atoms with E-state index in [1.807, 2.05) is 0 Å². The van der Waals surface area contributed by atoms with E-state index in [2.05, 4.69) is 15.6 Å². The molecule has 1 saturated carbocycles. The number of aromatic nitrogens is 3. The third kappa shape index (κ3) is 2.62. The van der Waals surface area contributed by atoms with Crippen molar-refractivity contribution in [2.45, 2.75) is 37.9 Å². The number of carbonyl (C=O) groups is 1. The van der Waals surface area contributed by atoms with Gasteiger partial charge in [0, 0.05) is 6.54 Å². The minimum atomic E-state index is -0.408. The second-order valence-corrected chi connectivity index (χ2v) is 4.45. The lowest BCUT2D eigenvalue weighted by Crippen LogP contribution is -2.56. The fraction of sp³-hybridized carbons (Fsp3) is 0.700. The van der Waals surface area contributed by atoms with Gasteiger partial charge in [-0.25, -0.2) is 4.68 Å². The Labute approximate surface area is 99.0 Å². The second kappa shape index (κ2) is 4.80. The van der Waals surface area contributed by atoms with Crippen molar-refractivity contribution >= 4 is 5.91 Å². The average Bonchev–Trinajstić information content (AvgIpc) is 2.71. The van der Waals surface area contributed by atoms with Gasteiger partial charge in [0.05, 0.1) is 24.0 Å². The minimum absolute atomic E-state index is 0.00977. The predicted octanol–water partition coefficient (Wildman–Crippen LogP) is -1.23. The summed E-state index contributed by atoms with van der Waals surface area (Å²) >= 11 is 0. The second-order valence-electron chi connectivity index (χ2n) is 4.45. The van der Waals surface area contributed by atoms with Crippen molar-refractivity contribution in [2.75, 3.05) is 6.61 Å². The zero-order valence-electron chi connectivity index (χ0n) is 9.59. The van der Waals surface area contributed by atoms with Gasteiger partial charge in [-0.1, -0.05) is 5.21 Å². The Balaban J connectivity index is 1.88. The maximum Gasteiger partial charge on any atom is 0.242 e. The molecule has 0 spiro atoms. The lowest BCUT2D eigenvalue weighted by molar-refractivity contribution is -0.125. The number of aliphatic hydroxyl groups is 1. The van der Waals surface area contributed by atoms with Crippen molar-refractivity contribution in [1.29, 1.82) is 0 Å². The van der Waals surface area contributed by atoms with Crippen LogP contribution in [0.4, 0.5) is 0 Å². The summed E-state index contributed by atoms with van der Waals surface area (Å²) in [5, 5.41) is 19.7. The molecule has 1 aliphatic carbocycles. The molecule has 4 N–H and O–H groups in total. The molecular formula is C10H17N5O2. The van der Waals surface area contributed by atoms with E-state index in [9.17, 15) is 9.90 Å². The number of nitrogens with one attached hydrogen (secondary N) is 1. The number of nitrogens with two attached hydrogens (primary N) is 1. The van der Waals surface area contributed by atoms with Crippen molar-refractivity contribution < 1.29 is 9.90 Å². The molecule has 0 bridgehead atoms. The highest BCUT2D eigenvalue weighted by Gasteiger charge is 2.37. The molecule has 1 heterocycles. The number of nitrogens with zero attached hydrogens (tertiary/aromatic N) is 3. The molecule has 17 heavy (non-hydrogen) atoms. The van der Waals surface area contributed by atoms with Crippen molar-refractivity contribution in [3.8, 4) is 0 Å². The fourth-order valence-electron chi connectivity index (χ4n) is 1.92. The van der Waals surface area contributed by atoms with E-state index in [1.54, 1.807) is 6.20 Å². The number of rotatable bonds is 5. The summed E-state index contributed by atoms with van der Waals surface area (Å²) in [6, 6.07) is 0. The summed E-state index contributed by atoms with van der Waals surface area (Å²) in [4.78, 5) is 11.7. The van der Waals surface area contributed by atoms with E-state index in [-0.39, 0.29) is 19.1 Å². The molecule has 0 atom stereocenters. The third-order valence-electron chi connectivity index (χ3n) is 3.12. The smallest absolute Gasteiger partial charge is 0.242 e. The Kier molecular flexibility index (Phi) is 3.39. The van der Waals surface area contributed by atoms with Crippen molar-refractivity contribution in [3.05, 3.63) is 11.9 Å². The van der Waals surface area contributed by atoms with Crippen LogP contribution in [0.5, 0.6) is 0 Å². The van der Waals surface area contributed by atoms with Crippen molar-refractivity contribution in [2.24, 2.45) is 5.73 Å². The van der Waals surface area contributed by atoms with Crippen LogP contribution in [0.3, 0.4) is 0 Å². The highest BCUT2D eigenvalue weighted by Crippen LogP contribution is 2.30. The minimum Gasteiger partial charge on any atom is -0.394 e. The van der Waals surface area contributed by atoms with Gasteiger partial charge in [-0.05, 0) is 19.3 Å². The number of aliphatic hydroxyl groups excluding tert-OH is 1. The molecule has 0 saturated heterocycles. The topological polar surface area (TPSA) is 106 Å². The van der Waals surface area contributed by atoms with E-state index in [0.717, 1.165) is 19.3 Å². The Hall–Kier alpha value is -1.47. The summed E-state index contributed by atoms with van der Waals surface area (Å²) in [6.07, 6.45) is 4.36. The monoisotopic (exact) mass is 239 g/mol. The number of hydrogen-bond acceptors (Lipinski definition) is 5. The van der Waals surface area contributed by atoms with Crippen LogP contribution in [-0.4, -0.2) is 38.2 Å². The zero-order valence-corrected chi connectivity index (χ0v) is 9.59. The Bertz CT molecular complexity index is 394. The van der Waals surface area contributed by atoms with Crippen LogP contribution >= 0.6 is 0 Å². The Morgan fingerprint density at radius 3 is 2.88 bits per heavy atom. The van der Waals surface area contributed by atoms with Gasteiger partial charge in [0.25, 0.3) is 0 Å². The van der Waals surface area contributed by atoms with Gasteiger partial charge in [-0.3, -0.25) is 4.79 Å². The molecule has 0 aromatic carbocycles. The van der Waals surface area contributed by atoms with Crippen LogP contribution in [0.1, 0.15) is 25.0 Å². The van der Waals surface area contributed by atoms with E-state index >= 15 is 0 Å². The molecule has 1 aromatic heterocycles. The van der Waals surface area contributed by atoms with Crippen molar-refractivity contribution in [1.82, 2.24) is 20.3 Å². The molecule has 0 aliphatic heterocycles. The standard InChI is InChI=1S/C10H17N5O2/c11-4-8-5-15(14-13-8)6-9(17)12-10(7-16)2-1-3-10/h5,16H,1-4,6-7,11H2,(H,12,17). The maximum absolute atomic E-state index is 11.7. The van der Waals surface area contributed by atoms with E-state index in [0.29, 0.717) is 12.2 Å². The first kappa shape index (κ1) is 12.0. The molecule has 1 fully saturated rings.